The summed E-state index contributed by atoms with van der Waals surface area (Å²) in [6.07, 6.45) is 0.604. The number of benzene rings is 1. The number of amides is 1. The number of aliphatic hydroxyl groups excluding tert-OH is 1. The van der Waals surface area contributed by atoms with Crippen molar-refractivity contribution in [2.75, 3.05) is 6.61 Å². The van der Waals surface area contributed by atoms with Crippen molar-refractivity contribution in [3.05, 3.63) is 35.9 Å². The summed E-state index contributed by atoms with van der Waals surface area (Å²) in [6.45, 7) is 1.51. The van der Waals surface area contributed by atoms with E-state index < -0.39 is 5.38 Å². The van der Waals surface area contributed by atoms with Gasteiger partial charge in [0.2, 0.25) is 5.91 Å². The summed E-state index contributed by atoms with van der Waals surface area (Å²) in [6, 6.07) is 9.41. The van der Waals surface area contributed by atoms with Gasteiger partial charge in [-0.05, 0) is 18.9 Å². The number of halogens is 1. The molecular formula is C12H16ClNO2. The Bertz CT molecular complexity index is 327. The van der Waals surface area contributed by atoms with Crippen LogP contribution >= 0.6 is 11.6 Å². The van der Waals surface area contributed by atoms with E-state index in [2.05, 4.69) is 5.32 Å². The van der Waals surface area contributed by atoms with Crippen molar-refractivity contribution in [1.29, 1.82) is 0 Å². The minimum Gasteiger partial charge on any atom is -0.394 e. The average molecular weight is 242 g/mol. The van der Waals surface area contributed by atoms with E-state index in [9.17, 15) is 4.79 Å². The smallest absolute Gasteiger partial charge is 0.238 e. The molecule has 0 aliphatic rings. The monoisotopic (exact) mass is 241 g/mol. The van der Waals surface area contributed by atoms with E-state index in [0.29, 0.717) is 6.42 Å². The molecule has 88 valence electrons. The Morgan fingerprint density at radius 2 is 2.06 bits per heavy atom. The van der Waals surface area contributed by atoms with Gasteiger partial charge in [0.1, 0.15) is 5.38 Å². The second-order valence-corrected chi connectivity index (χ2v) is 4.35. The third kappa shape index (κ3) is 4.21. The van der Waals surface area contributed by atoms with Gasteiger partial charge in [-0.15, -0.1) is 11.6 Å². The lowest BCUT2D eigenvalue weighted by Gasteiger charge is -2.17. The zero-order valence-electron chi connectivity index (χ0n) is 9.19. The van der Waals surface area contributed by atoms with E-state index in [-0.39, 0.29) is 18.6 Å². The number of nitrogens with one attached hydrogen (secondary N) is 1. The summed E-state index contributed by atoms with van der Waals surface area (Å²) in [4.78, 5) is 11.3. The first-order chi connectivity index (χ1) is 7.63. The van der Waals surface area contributed by atoms with Crippen LogP contribution in [0.4, 0.5) is 0 Å². The number of rotatable bonds is 5. The molecule has 2 atom stereocenters. The van der Waals surface area contributed by atoms with Gasteiger partial charge in [-0.2, -0.15) is 0 Å². The highest BCUT2D eigenvalue weighted by Crippen LogP contribution is 2.04. The fourth-order valence-corrected chi connectivity index (χ4v) is 1.44. The van der Waals surface area contributed by atoms with Crippen molar-refractivity contribution >= 4 is 17.5 Å². The van der Waals surface area contributed by atoms with E-state index >= 15 is 0 Å². The Labute approximate surface area is 100 Å². The van der Waals surface area contributed by atoms with Gasteiger partial charge in [-0.3, -0.25) is 4.79 Å². The molecule has 0 aromatic heterocycles. The second kappa shape index (κ2) is 6.51. The van der Waals surface area contributed by atoms with E-state index in [1.807, 2.05) is 30.3 Å². The lowest BCUT2D eigenvalue weighted by molar-refractivity contribution is -0.121. The van der Waals surface area contributed by atoms with Crippen LogP contribution in [-0.4, -0.2) is 29.0 Å². The predicted molar refractivity (Wildman–Crippen MR) is 64.5 cm³/mol. The maximum Gasteiger partial charge on any atom is 0.238 e. The van der Waals surface area contributed by atoms with Crippen LogP contribution < -0.4 is 5.32 Å². The molecule has 1 rings (SSSR count). The normalized spacial score (nSPS) is 14.2. The van der Waals surface area contributed by atoms with Gasteiger partial charge in [0, 0.05) is 0 Å². The number of alkyl halides is 1. The maximum absolute atomic E-state index is 11.3. The molecule has 2 N–H and O–H groups in total. The third-order valence-corrected chi connectivity index (χ3v) is 2.45. The summed E-state index contributed by atoms with van der Waals surface area (Å²) in [5, 5.41) is 11.3. The van der Waals surface area contributed by atoms with Crippen LogP contribution in [0.15, 0.2) is 30.3 Å². The van der Waals surface area contributed by atoms with Gasteiger partial charge >= 0.3 is 0 Å². The molecule has 0 aliphatic carbocycles. The zero-order valence-corrected chi connectivity index (χ0v) is 9.95. The number of aliphatic hydroxyl groups is 1. The molecular weight excluding hydrogens is 226 g/mol. The first-order valence-corrected chi connectivity index (χ1v) is 5.66. The highest BCUT2D eigenvalue weighted by atomic mass is 35.5. The summed E-state index contributed by atoms with van der Waals surface area (Å²) >= 11 is 5.64. The molecule has 2 unspecified atom stereocenters. The lowest BCUT2D eigenvalue weighted by Crippen LogP contribution is -2.42. The van der Waals surface area contributed by atoms with Crippen LogP contribution in [-0.2, 0) is 11.2 Å². The molecule has 1 aromatic rings. The number of carbonyl (C=O) groups excluding carboxylic acids is 1. The first kappa shape index (κ1) is 13.0. The number of hydrogen-bond acceptors (Lipinski definition) is 2. The standard InChI is InChI=1S/C12H16ClNO2/c1-9(13)12(16)14-11(8-15)7-10-5-3-2-4-6-10/h2-6,9,11,15H,7-8H2,1H3,(H,14,16). The van der Waals surface area contributed by atoms with E-state index in [1.54, 1.807) is 6.92 Å². The molecule has 3 nitrogen and oxygen atoms in total. The number of hydrogen-bond donors (Lipinski definition) is 2. The summed E-state index contributed by atoms with van der Waals surface area (Å²) < 4.78 is 0. The first-order valence-electron chi connectivity index (χ1n) is 5.22. The molecule has 4 heteroatoms. The predicted octanol–water partition coefficient (Wildman–Crippen LogP) is 1.33. The molecule has 1 amide bonds. The zero-order chi connectivity index (χ0) is 12.0. The SMILES string of the molecule is CC(Cl)C(=O)NC(CO)Cc1ccccc1. The largest absolute Gasteiger partial charge is 0.394 e. The lowest BCUT2D eigenvalue weighted by atomic mass is 10.1. The summed E-state index contributed by atoms with van der Waals surface area (Å²) in [5.74, 6) is -0.253. The van der Waals surface area contributed by atoms with Crippen molar-refractivity contribution in [3.8, 4) is 0 Å². The second-order valence-electron chi connectivity index (χ2n) is 3.69. The minimum absolute atomic E-state index is 0.0930. The van der Waals surface area contributed by atoms with Crippen LogP contribution in [0, 0.1) is 0 Å². The van der Waals surface area contributed by atoms with Gasteiger partial charge in [0.05, 0.1) is 12.6 Å². The van der Waals surface area contributed by atoms with Crippen molar-refractivity contribution in [2.24, 2.45) is 0 Å². The molecule has 0 bridgehead atoms. The van der Waals surface area contributed by atoms with Crippen molar-refractivity contribution < 1.29 is 9.90 Å². The Balaban J connectivity index is 2.53. The van der Waals surface area contributed by atoms with E-state index in [1.165, 1.54) is 0 Å². The highest BCUT2D eigenvalue weighted by Gasteiger charge is 2.15. The van der Waals surface area contributed by atoms with Crippen LogP contribution in [0.2, 0.25) is 0 Å². The minimum atomic E-state index is -0.579. The molecule has 0 saturated carbocycles. The molecule has 0 aliphatic heterocycles. The molecule has 16 heavy (non-hydrogen) atoms. The van der Waals surface area contributed by atoms with Crippen molar-refractivity contribution in [3.63, 3.8) is 0 Å². The van der Waals surface area contributed by atoms with Gasteiger partial charge in [0.15, 0.2) is 0 Å². The van der Waals surface area contributed by atoms with Crippen molar-refractivity contribution in [2.45, 2.75) is 24.8 Å². The summed E-state index contributed by atoms with van der Waals surface area (Å²) in [7, 11) is 0. The maximum atomic E-state index is 11.3. The van der Waals surface area contributed by atoms with E-state index in [4.69, 9.17) is 16.7 Å². The topological polar surface area (TPSA) is 49.3 Å². The molecule has 0 heterocycles. The van der Waals surface area contributed by atoms with Gasteiger partial charge in [-0.1, -0.05) is 30.3 Å². The number of carbonyl (C=O) groups is 1. The fraction of sp³-hybridized carbons (Fsp3) is 0.417. The Hall–Kier alpha value is -1.06. The quantitative estimate of drug-likeness (QED) is 0.765. The Kier molecular flexibility index (Phi) is 5.29. The highest BCUT2D eigenvalue weighted by molar-refractivity contribution is 6.30. The third-order valence-electron chi connectivity index (χ3n) is 2.25. The molecule has 0 fully saturated rings. The molecule has 0 radical (unpaired) electrons. The van der Waals surface area contributed by atoms with Crippen molar-refractivity contribution in [1.82, 2.24) is 5.32 Å². The molecule has 0 spiro atoms. The van der Waals surface area contributed by atoms with Gasteiger partial charge < -0.3 is 10.4 Å². The fourth-order valence-electron chi connectivity index (χ4n) is 1.38. The Morgan fingerprint density at radius 3 is 2.56 bits per heavy atom. The van der Waals surface area contributed by atoms with Crippen LogP contribution in [0.3, 0.4) is 0 Å². The average Bonchev–Trinajstić information content (AvgIpc) is 2.29. The van der Waals surface area contributed by atoms with Crippen LogP contribution in [0.5, 0.6) is 0 Å². The van der Waals surface area contributed by atoms with E-state index in [0.717, 1.165) is 5.56 Å². The molecule has 0 saturated heterocycles. The Morgan fingerprint density at radius 1 is 1.44 bits per heavy atom. The summed E-state index contributed by atoms with van der Waals surface area (Å²) in [5.41, 5.74) is 1.07. The molecule has 1 aromatic carbocycles. The van der Waals surface area contributed by atoms with Gasteiger partial charge in [0.25, 0.3) is 0 Å². The van der Waals surface area contributed by atoms with Crippen LogP contribution in [0.1, 0.15) is 12.5 Å². The van der Waals surface area contributed by atoms with Gasteiger partial charge in [-0.25, -0.2) is 0 Å². The van der Waals surface area contributed by atoms with Crippen LogP contribution in [0.25, 0.3) is 0 Å².